The second kappa shape index (κ2) is 6.36. The number of carbonyl (C=O) groups is 1. The quantitative estimate of drug-likeness (QED) is 0.648. The number of rotatable bonds is 8. The molecule has 16 heavy (non-hydrogen) atoms. The molecule has 0 aromatic heterocycles. The molecule has 1 aliphatic rings. The number of carbonyl (C=O) groups excluding carboxylic acids is 1. The molecule has 94 valence electrons. The van der Waals surface area contributed by atoms with E-state index in [0.29, 0.717) is 23.7 Å². The fourth-order valence-corrected chi connectivity index (χ4v) is 2.04. The molecular formula is C13H25NO2. The molecule has 0 aromatic carbocycles. The van der Waals surface area contributed by atoms with Gasteiger partial charge in [0.2, 0.25) is 0 Å². The molecule has 3 atom stereocenters. The van der Waals surface area contributed by atoms with Gasteiger partial charge in [-0.3, -0.25) is 9.63 Å². The summed E-state index contributed by atoms with van der Waals surface area (Å²) < 4.78 is 0. The summed E-state index contributed by atoms with van der Waals surface area (Å²) in [5.74, 6) is 1.35. The van der Waals surface area contributed by atoms with E-state index in [1.165, 1.54) is 0 Å². The fourth-order valence-electron chi connectivity index (χ4n) is 2.04. The first-order valence-electron chi connectivity index (χ1n) is 6.46. The van der Waals surface area contributed by atoms with Gasteiger partial charge in [0.1, 0.15) is 5.78 Å². The minimum atomic E-state index is 0.288. The molecule has 1 aliphatic carbocycles. The van der Waals surface area contributed by atoms with Crippen LogP contribution in [0.15, 0.2) is 0 Å². The topological polar surface area (TPSA) is 38.3 Å². The summed E-state index contributed by atoms with van der Waals surface area (Å²) in [7, 11) is 0. The number of hydrogen-bond donors (Lipinski definition) is 1. The van der Waals surface area contributed by atoms with Gasteiger partial charge in [0, 0.05) is 12.0 Å². The SMILES string of the molecule is CCC(CCC1CC1C(C)=O)ONC(C)C. The average molecular weight is 227 g/mol. The maximum Gasteiger partial charge on any atom is 0.133 e. The second-order valence-electron chi connectivity index (χ2n) is 5.21. The first-order chi connectivity index (χ1) is 7.54. The van der Waals surface area contributed by atoms with Gasteiger partial charge in [-0.15, -0.1) is 0 Å². The van der Waals surface area contributed by atoms with Gasteiger partial charge in [0.25, 0.3) is 0 Å². The molecule has 1 rings (SSSR count). The van der Waals surface area contributed by atoms with Gasteiger partial charge in [-0.1, -0.05) is 6.92 Å². The van der Waals surface area contributed by atoms with E-state index in [1.807, 2.05) is 0 Å². The lowest BCUT2D eigenvalue weighted by Crippen LogP contribution is -2.29. The summed E-state index contributed by atoms with van der Waals surface area (Å²) in [6, 6.07) is 0.361. The lowest BCUT2D eigenvalue weighted by atomic mass is 10.1. The average Bonchev–Trinajstić information content (AvgIpc) is 2.97. The highest BCUT2D eigenvalue weighted by atomic mass is 16.7. The normalized spacial score (nSPS) is 25.8. The first kappa shape index (κ1) is 13.7. The van der Waals surface area contributed by atoms with Crippen LogP contribution in [0.5, 0.6) is 0 Å². The smallest absolute Gasteiger partial charge is 0.133 e. The molecule has 0 aromatic rings. The van der Waals surface area contributed by atoms with Crippen LogP contribution in [0.3, 0.4) is 0 Å². The van der Waals surface area contributed by atoms with Crippen LogP contribution in [0.25, 0.3) is 0 Å². The Hall–Kier alpha value is -0.410. The molecule has 0 radical (unpaired) electrons. The Balaban J connectivity index is 2.13. The van der Waals surface area contributed by atoms with E-state index in [4.69, 9.17) is 4.84 Å². The van der Waals surface area contributed by atoms with E-state index < -0.39 is 0 Å². The van der Waals surface area contributed by atoms with E-state index in [1.54, 1.807) is 6.92 Å². The van der Waals surface area contributed by atoms with Crippen LogP contribution in [0.1, 0.15) is 53.4 Å². The van der Waals surface area contributed by atoms with Gasteiger partial charge in [0.15, 0.2) is 0 Å². The Labute approximate surface area is 98.9 Å². The maximum atomic E-state index is 11.1. The van der Waals surface area contributed by atoms with Crippen molar-refractivity contribution < 1.29 is 9.63 Å². The van der Waals surface area contributed by atoms with Gasteiger partial charge >= 0.3 is 0 Å². The largest absolute Gasteiger partial charge is 0.300 e. The predicted octanol–water partition coefficient (Wildman–Crippen LogP) is 2.70. The van der Waals surface area contributed by atoms with Crippen LogP contribution in [0, 0.1) is 11.8 Å². The highest BCUT2D eigenvalue weighted by molar-refractivity contribution is 5.81. The van der Waals surface area contributed by atoms with E-state index in [9.17, 15) is 4.79 Å². The monoisotopic (exact) mass is 227 g/mol. The van der Waals surface area contributed by atoms with Gasteiger partial charge < -0.3 is 0 Å². The molecule has 1 fully saturated rings. The van der Waals surface area contributed by atoms with Crippen molar-refractivity contribution in [1.82, 2.24) is 5.48 Å². The van der Waals surface area contributed by atoms with Crippen molar-refractivity contribution in [3.05, 3.63) is 0 Å². The molecule has 0 bridgehead atoms. The van der Waals surface area contributed by atoms with E-state index >= 15 is 0 Å². The van der Waals surface area contributed by atoms with E-state index in [-0.39, 0.29) is 6.10 Å². The second-order valence-corrected chi connectivity index (χ2v) is 5.21. The molecule has 0 amide bonds. The lowest BCUT2D eigenvalue weighted by Gasteiger charge is -2.17. The summed E-state index contributed by atoms with van der Waals surface area (Å²) in [6.07, 6.45) is 4.60. The zero-order valence-electron chi connectivity index (χ0n) is 11.0. The van der Waals surface area contributed by atoms with Crippen molar-refractivity contribution in [2.75, 3.05) is 0 Å². The van der Waals surface area contributed by atoms with Crippen molar-refractivity contribution in [1.29, 1.82) is 0 Å². The van der Waals surface area contributed by atoms with Crippen molar-refractivity contribution in [3.63, 3.8) is 0 Å². The minimum absolute atomic E-state index is 0.288. The Morgan fingerprint density at radius 2 is 2.19 bits per heavy atom. The molecule has 0 saturated heterocycles. The minimum Gasteiger partial charge on any atom is -0.300 e. The zero-order valence-corrected chi connectivity index (χ0v) is 11.0. The van der Waals surface area contributed by atoms with E-state index in [2.05, 4.69) is 26.3 Å². The first-order valence-corrected chi connectivity index (χ1v) is 6.46. The van der Waals surface area contributed by atoms with Crippen LogP contribution >= 0.6 is 0 Å². The van der Waals surface area contributed by atoms with E-state index in [0.717, 1.165) is 25.7 Å². The number of Topliss-reactive ketones (excluding diaryl/α,β-unsaturated/α-hetero) is 1. The van der Waals surface area contributed by atoms with Crippen molar-refractivity contribution in [2.24, 2.45) is 11.8 Å². The number of ketones is 1. The summed E-state index contributed by atoms with van der Waals surface area (Å²) in [6.45, 7) is 7.99. The standard InChI is InChI=1S/C13H25NO2/c1-5-12(16-14-9(2)3)7-6-11-8-13(11)10(4)15/h9,11-14H,5-8H2,1-4H3. The predicted molar refractivity (Wildman–Crippen MR) is 64.9 cm³/mol. The Bertz CT molecular complexity index is 228. The summed E-state index contributed by atoms with van der Waals surface area (Å²) >= 11 is 0. The highest BCUT2D eigenvalue weighted by Crippen LogP contribution is 2.43. The molecule has 1 N–H and O–H groups in total. The van der Waals surface area contributed by atoms with Crippen molar-refractivity contribution in [2.45, 2.75) is 65.5 Å². The highest BCUT2D eigenvalue weighted by Gasteiger charge is 2.40. The number of hydroxylamine groups is 1. The fraction of sp³-hybridized carbons (Fsp3) is 0.923. The third-order valence-electron chi connectivity index (χ3n) is 3.23. The zero-order chi connectivity index (χ0) is 12.1. The number of hydrogen-bond acceptors (Lipinski definition) is 3. The maximum absolute atomic E-state index is 11.1. The third-order valence-corrected chi connectivity index (χ3v) is 3.23. The Morgan fingerprint density at radius 1 is 1.50 bits per heavy atom. The van der Waals surface area contributed by atoms with Gasteiger partial charge in [-0.25, -0.2) is 0 Å². The summed E-state index contributed by atoms with van der Waals surface area (Å²) in [4.78, 5) is 16.7. The molecule has 3 heteroatoms. The van der Waals surface area contributed by atoms with Crippen LogP contribution < -0.4 is 5.48 Å². The molecular weight excluding hydrogens is 202 g/mol. The van der Waals surface area contributed by atoms with Crippen LogP contribution in [-0.2, 0) is 9.63 Å². The van der Waals surface area contributed by atoms with Crippen LogP contribution in [0.2, 0.25) is 0 Å². The van der Waals surface area contributed by atoms with Crippen LogP contribution in [0.4, 0.5) is 0 Å². The molecule has 1 saturated carbocycles. The van der Waals surface area contributed by atoms with Crippen molar-refractivity contribution >= 4 is 5.78 Å². The van der Waals surface area contributed by atoms with Crippen molar-refractivity contribution in [3.8, 4) is 0 Å². The molecule has 3 nitrogen and oxygen atoms in total. The van der Waals surface area contributed by atoms with Crippen LogP contribution in [-0.4, -0.2) is 17.9 Å². The third kappa shape index (κ3) is 4.62. The Kier molecular flexibility index (Phi) is 5.42. The molecule has 0 spiro atoms. The van der Waals surface area contributed by atoms with Gasteiger partial charge in [0.05, 0.1) is 6.10 Å². The molecule has 0 heterocycles. The lowest BCUT2D eigenvalue weighted by molar-refractivity contribution is -0.118. The van der Waals surface area contributed by atoms with Gasteiger partial charge in [-0.2, -0.15) is 5.48 Å². The summed E-state index contributed by atoms with van der Waals surface area (Å²) in [5.41, 5.74) is 3.01. The molecule has 0 aliphatic heterocycles. The van der Waals surface area contributed by atoms with Gasteiger partial charge in [-0.05, 0) is 52.4 Å². The summed E-state index contributed by atoms with van der Waals surface area (Å²) in [5, 5.41) is 0. The molecule has 3 unspecified atom stereocenters. The number of nitrogens with one attached hydrogen (secondary N) is 1. The Morgan fingerprint density at radius 3 is 2.62 bits per heavy atom.